The van der Waals surface area contributed by atoms with E-state index in [0.717, 1.165) is 22.8 Å². The number of nitrogens with zero attached hydrogens (tertiary/aromatic N) is 3. The van der Waals surface area contributed by atoms with Crippen molar-refractivity contribution in [3.63, 3.8) is 0 Å². The van der Waals surface area contributed by atoms with Crippen LogP contribution in [0.25, 0.3) is 16.6 Å². The molecule has 0 fully saturated rings. The number of hydrogen-bond donors (Lipinski definition) is 0. The van der Waals surface area contributed by atoms with Gasteiger partial charge in [0.25, 0.3) is 5.56 Å². The average molecular weight is 317 g/mol. The molecule has 8 heteroatoms. The van der Waals surface area contributed by atoms with Crippen LogP contribution in [0.3, 0.4) is 0 Å². The number of fused-ring (bicyclic) bond motifs is 4. The van der Waals surface area contributed by atoms with Gasteiger partial charge in [0, 0.05) is 12.4 Å². The molecule has 0 radical (unpaired) electrons. The zero-order valence-electron chi connectivity index (χ0n) is 11.3. The Morgan fingerprint density at radius 2 is 1.87 bits per heavy atom. The fourth-order valence-corrected chi connectivity index (χ4v) is 2.62. The number of alkyl halides is 3. The Kier molecular flexibility index (Phi) is 2.52. The predicted octanol–water partition coefficient (Wildman–Crippen LogP) is 2.34. The minimum absolute atomic E-state index is 0.0984. The molecule has 0 unspecified atom stereocenters. The fraction of sp³-hybridized carbons (Fsp3) is 0.0667. The van der Waals surface area contributed by atoms with Crippen molar-refractivity contribution in [2.45, 2.75) is 6.18 Å². The van der Waals surface area contributed by atoms with Crippen LogP contribution in [0.4, 0.5) is 13.2 Å². The molecule has 1 aliphatic heterocycles. The highest BCUT2D eigenvalue weighted by Crippen LogP contribution is 2.34. The van der Waals surface area contributed by atoms with E-state index in [-0.39, 0.29) is 28.0 Å². The minimum atomic E-state index is -4.57. The van der Waals surface area contributed by atoms with Crippen LogP contribution in [0.15, 0.2) is 41.5 Å². The molecule has 0 saturated heterocycles. The molecule has 4 rings (SSSR count). The van der Waals surface area contributed by atoms with Crippen molar-refractivity contribution in [3.8, 4) is 5.69 Å². The summed E-state index contributed by atoms with van der Waals surface area (Å²) in [5.41, 5.74) is -1.30. The van der Waals surface area contributed by atoms with Crippen LogP contribution < -0.4 is 5.56 Å². The molecule has 0 aliphatic carbocycles. The van der Waals surface area contributed by atoms with E-state index in [1.54, 1.807) is 0 Å². The molecule has 23 heavy (non-hydrogen) atoms. The van der Waals surface area contributed by atoms with E-state index in [1.807, 2.05) is 0 Å². The molecule has 3 heterocycles. The Hall–Kier alpha value is -3.03. The third kappa shape index (κ3) is 1.81. The zero-order valence-corrected chi connectivity index (χ0v) is 11.3. The van der Waals surface area contributed by atoms with Crippen molar-refractivity contribution >= 4 is 16.7 Å². The Morgan fingerprint density at radius 3 is 2.61 bits per heavy atom. The Balaban J connectivity index is 2.06. The second-order valence-electron chi connectivity index (χ2n) is 5.03. The predicted molar refractivity (Wildman–Crippen MR) is 73.6 cm³/mol. The first-order chi connectivity index (χ1) is 10.9. The summed E-state index contributed by atoms with van der Waals surface area (Å²) >= 11 is 0. The molecule has 1 aliphatic rings. The normalized spacial score (nSPS) is 13.3. The van der Waals surface area contributed by atoms with E-state index in [9.17, 15) is 22.8 Å². The van der Waals surface area contributed by atoms with Crippen LogP contribution in [0.5, 0.6) is 0 Å². The highest BCUT2D eigenvalue weighted by atomic mass is 19.4. The van der Waals surface area contributed by atoms with Gasteiger partial charge in [-0.1, -0.05) is 0 Å². The average Bonchev–Trinajstić information content (AvgIpc) is 2.80. The first-order valence-corrected chi connectivity index (χ1v) is 6.51. The summed E-state index contributed by atoms with van der Waals surface area (Å²) in [5.74, 6) is -0.898. The van der Waals surface area contributed by atoms with Crippen LogP contribution in [0.1, 0.15) is 21.7 Å². The SMILES string of the molecule is O=C1c2cc(C(F)(F)F)ccc2-n2c1nc1ccncc1c2=O. The van der Waals surface area contributed by atoms with Gasteiger partial charge in [0.05, 0.1) is 27.7 Å². The molecule has 0 spiro atoms. The van der Waals surface area contributed by atoms with Crippen LogP contribution in [-0.2, 0) is 6.18 Å². The van der Waals surface area contributed by atoms with Crippen molar-refractivity contribution in [2.24, 2.45) is 0 Å². The number of benzene rings is 1. The maximum atomic E-state index is 12.8. The number of carbonyl (C=O) groups is 1. The molecule has 2 aromatic heterocycles. The molecule has 1 aromatic carbocycles. The number of rotatable bonds is 0. The summed E-state index contributed by atoms with van der Waals surface area (Å²) in [4.78, 5) is 32.8. The van der Waals surface area contributed by atoms with Crippen molar-refractivity contribution in [2.75, 3.05) is 0 Å². The van der Waals surface area contributed by atoms with E-state index in [0.29, 0.717) is 0 Å². The van der Waals surface area contributed by atoms with Gasteiger partial charge in [-0.15, -0.1) is 0 Å². The van der Waals surface area contributed by atoms with Gasteiger partial charge in [-0.05, 0) is 24.3 Å². The third-order valence-electron chi connectivity index (χ3n) is 3.68. The maximum Gasteiger partial charge on any atom is 0.416 e. The van der Waals surface area contributed by atoms with Gasteiger partial charge in [-0.3, -0.25) is 19.1 Å². The van der Waals surface area contributed by atoms with E-state index < -0.39 is 23.1 Å². The van der Waals surface area contributed by atoms with Gasteiger partial charge in [0.1, 0.15) is 0 Å². The lowest BCUT2D eigenvalue weighted by Crippen LogP contribution is -2.21. The molecule has 0 amide bonds. The summed E-state index contributed by atoms with van der Waals surface area (Å²) < 4.78 is 39.5. The second kappa shape index (κ2) is 4.25. The number of aromatic nitrogens is 3. The second-order valence-corrected chi connectivity index (χ2v) is 5.03. The fourth-order valence-electron chi connectivity index (χ4n) is 2.62. The topological polar surface area (TPSA) is 64.8 Å². The Morgan fingerprint density at radius 1 is 1.09 bits per heavy atom. The number of ketones is 1. The van der Waals surface area contributed by atoms with Crippen molar-refractivity contribution in [3.05, 3.63) is 64.0 Å². The lowest BCUT2D eigenvalue weighted by Gasteiger charge is -2.08. The number of carbonyl (C=O) groups excluding carboxylic acids is 1. The van der Waals surface area contributed by atoms with Gasteiger partial charge < -0.3 is 0 Å². The highest BCUT2D eigenvalue weighted by molar-refractivity contribution is 6.13. The monoisotopic (exact) mass is 317 g/mol. The Bertz CT molecular complexity index is 1050. The molecule has 3 aromatic rings. The lowest BCUT2D eigenvalue weighted by atomic mass is 10.1. The first kappa shape index (κ1) is 13.6. The summed E-state index contributed by atoms with van der Waals surface area (Å²) in [5, 5.41) is 0.191. The molecule has 0 atom stereocenters. The molecular formula is C15H6F3N3O2. The van der Waals surface area contributed by atoms with Crippen LogP contribution in [0.2, 0.25) is 0 Å². The maximum absolute atomic E-state index is 12.8. The van der Waals surface area contributed by atoms with E-state index >= 15 is 0 Å². The van der Waals surface area contributed by atoms with E-state index in [4.69, 9.17) is 0 Å². The number of pyridine rings is 1. The van der Waals surface area contributed by atoms with E-state index in [2.05, 4.69) is 9.97 Å². The van der Waals surface area contributed by atoms with Gasteiger partial charge in [-0.2, -0.15) is 13.2 Å². The smallest absolute Gasteiger partial charge is 0.285 e. The Labute approximate surface area is 126 Å². The molecule has 0 saturated carbocycles. The number of hydrogen-bond acceptors (Lipinski definition) is 4. The van der Waals surface area contributed by atoms with Crippen molar-refractivity contribution in [1.82, 2.24) is 14.5 Å². The summed E-state index contributed by atoms with van der Waals surface area (Å²) in [6.45, 7) is 0. The van der Waals surface area contributed by atoms with Gasteiger partial charge in [0.2, 0.25) is 5.78 Å². The van der Waals surface area contributed by atoms with Crippen molar-refractivity contribution < 1.29 is 18.0 Å². The summed E-state index contributed by atoms with van der Waals surface area (Å²) in [6, 6.07) is 4.16. The van der Waals surface area contributed by atoms with Crippen LogP contribution >= 0.6 is 0 Å². The molecule has 0 N–H and O–H groups in total. The summed E-state index contributed by atoms with van der Waals surface area (Å²) in [7, 11) is 0. The van der Waals surface area contributed by atoms with E-state index in [1.165, 1.54) is 18.5 Å². The van der Waals surface area contributed by atoms with Crippen LogP contribution in [0, 0.1) is 0 Å². The van der Waals surface area contributed by atoms with Crippen LogP contribution in [-0.4, -0.2) is 20.3 Å². The van der Waals surface area contributed by atoms with Gasteiger partial charge in [-0.25, -0.2) is 4.98 Å². The zero-order chi connectivity index (χ0) is 16.4. The van der Waals surface area contributed by atoms with Gasteiger partial charge >= 0.3 is 6.18 Å². The molecule has 5 nitrogen and oxygen atoms in total. The molecular weight excluding hydrogens is 311 g/mol. The molecule has 114 valence electrons. The van der Waals surface area contributed by atoms with Gasteiger partial charge in [0.15, 0.2) is 5.82 Å². The minimum Gasteiger partial charge on any atom is -0.285 e. The lowest BCUT2D eigenvalue weighted by molar-refractivity contribution is -0.137. The quantitative estimate of drug-likeness (QED) is 0.499. The first-order valence-electron chi connectivity index (χ1n) is 6.51. The van der Waals surface area contributed by atoms with Crippen molar-refractivity contribution in [1.29, 1.82) is 0 Å². The summed E-state index contributed by atoms with van der Waals surface area (Å²) in [6.07, 6.45) is -1.85. The highest BCUT2D eigenvalue weighted by Gasteiger charge is 2.36. The molecule has 0 bridgehead atoms. The largest absolute Gasteiger partial charge is 0.416 e. The third-order valence-corrected chi connectivity index (χ3v) is 3.68. The standard InChI is InChI=1S/C15H6F3N3O2/c16-15(17,18)7-1-2-11-8(5-7)12(22)13-20-10-3-4-19-6-9(10)14(23)21(11)13/h1-6H. The number of halogens is 3.